The van der Waals surface area contributed by atoms with Gasteiger partial charge in [0.2, 0.25) is 0 Å². The molecule has 2 nitrogen and oxygen atoms in total. The maximum absolute atomic E-state index is 8.92. The van der Waals surface area contributed by atoms with Crippen molar-refractivity contribution >= 4 is 13.0 Å². The van der Waals surface area contributed by atoms with Crippen molar-refractivity contribution in [1.29, 1.82) is 0 Å². The van der Waals surface area contributed by atoms with Gasteiger partial charge in [-0.1, -0.05) is 0 Å². The molecule has 1 atom stereocenters. The Labute approximate surface area is 69.6 Å². The van der Waals surface area contributed by atoms with Gasteiger partial charge in [-0.25, -0.2) is 0 Å². The van der Waals surface area contributed by atoms with Gasteiger partial charge >= 0.3 is 68.8 Å². The molecule has 0 saturated carbocycles. The maximum atomic E-state index is 8.92. The number of hydrogen-bond donors (Lipinski definition) is 1. The summed E-state index contributed by atoms with van der Waals surface area (Å²) < 4.78 is 5.12. The van der Waals surface area contributed by atoms with Gasteiger partial charge in [0, 0.05) is 0 Å². The molecule has 0 rings (SSSR count). The number of aliphatic hydroxyl groups excluding tert-OH is 1. The molecule has 63 valence electrons. The van der Waals surface area contributed by atoms with Gasteiger partial charge < -0.3 is 0 Å². The van der Waals surface area contributed by atoms with Crippen LogP contribution in [0.5, 0.6) is 0 Å². The van der Waals surface area contributed by atoms with Crippen molar-refractivity contribution in [3.05, 3.63) is 0 Å². The van der Waals surface area contributed by atoms with E-state index < -0.39 is 5.60 Å². The molecule has 0 saturated heterocycles. The monoisotopic (exact) mass is 155 g/mol. The second kappa shape index (κ2) is 4.68. The molecule has 0 aliphatic carbocycles. The van der Waals surface area contributed by atoms with Gasteiger partial charge in [0.05, 0.1) is 0 Å². The third-order valence-electron chi connectivity index (χ3n) is 1.88. The van der Waals surface area contributed by atoms with E-state index in [0.717, 1.165) is 18.3 Å². The quantitative estimate of drug-likeness (QED) is 0.586. The Morgan fingerprint density at radius 1 is 1.64 bits per heavy atom. The molecule has 0 spiro atoms. The zero-order valence-electron chi connectivity index (χ0n) is 7.55. The Morgan fingerprint density at radius 2 is 2.18 bits per heavy atom. The van der Waals surface area contributed by atoms with Gasteiger partial charge in [-0.15, -0.1) is 0 Å². The van der Waals surface area contributed by atoms with Crippen LogP contribution in [-0.4, -0.2) is 37.4 Å². The van der Waals surface area contributed by atoms with Gasteiger partial charge in [-0.05, 0) is 0 Å². The summed E-state index contributed by atoms with van der Waals surface area (Å²) in [6.45, 7) is 3.78. The normalized spacial score (nSPS) is 15.9. The van der Waals surface area contributed by atoms with E-state index in [9.17, 15) is 0 Å². The minimum atomic E-state index is -0.430. The minimum absolute atomic E-state index is 0.0385. The van der Waals surface area contributed by atoms with E-state index in [-0.39, 0.29) is 6.61 Å². The Kier molecular flexibility index (Phi) is 4.61. The summed E-state index contributed by atoms with van der Waals surface area (Å²) in [4.78, 5) is 0. The SMILES string of the molecule is [B]=C(C)CC[C@@](C)(CO)OC. The average Bonchev–Trinajstić information content (AvgIpc) is 2.00. The van der Waals surface area contributed by atoms with Crippen LogP contribution in [-0.2, 0) is 4.74 Å². The topological polar surface area (TPSA) is 29.5 Å². The first kappa shape index (κ1) is 10.9. The van der Waals surface area contributed by atoms with Crippen molar-refractivity contribution in [2.45, 2.75) is 32.3 Å². The zero-order valence-corrected chi connectivity index (χ0v) is 7.55. The molecule has 1 N–H and O–H groups in total. The van der Waals surface area contributed by atoms with Gasteiger partial charge in [0.15, 0.2) is 0 Å². The second-order valence-corrected chi connectivity index (χ2v) is 3.16. The number of hydrogen-bond acceptors (Lipinski definition) is 2. The Morgan fingerprint density at radius 3 is 2.45 bits per heavy atom. The van der Waals surface area contributed by atoms with E-state index >= 15 is 0 Å². The molecular weight excluding hydrogens is 139 g/mol. The van der Waals surface area contributed by atoms with Crippen molar-refractivity contribution in [2.24, 2.45) is 0 Å². The van der Waals surface area contributed by atoms with Gasteiger partial charge in [-0.3, -0.25) is 0 Å². The van der Waals surface area contributed by atoms with Gasteiger partial charge in [0.25, 0.3) is 0 Å². The second-order valence-electron chi connectivity index (χ2n) is 3.16. The molecule has 0 aliphatic heterocycles. The van der Waals surface area contributed by atoms with E-state index in [1.54, 1.807) is 7.11 Å². The fourth-order valence-electron chi connectivity index (χ4n) is 0.707. The van der Waals surface area contributed by atoms with Crippen molar-refractivity contribution in [3.8, 4) is 0 Å². The number of rotatable bonds is 5. The van der Waals surface area contributed by atoms with E-state index in [1.807, 2.05) is 13.8 Å². The van der Waals surface area contributed by atoms with Crippen LogP contribution in [0, 0.1) is 0 Å². The zero-order chi connectivity index (χ0) is 8.91. The van der Waals surface area contributed by atoms with Crippen LogP contribution in [0.3, 0.4) is 0 Å². The molecule has 0 unspecified atom stereocenters. The third kappa shape index (κ3) is 4.33. The average molecular weight is 155 g/mol. The molecular formula is C8H16BO2. The number of ether oxygens (including phenoxy) is 1. The van der Waals surface area contributed by atoms with Crippen molar-refractivity contribution in [1.82, 2.24) is 0 Å². The summed E-state index contributed by atoms with van der Waals surface area (Å²) in [6.07, 6.45) is 1.56. The van der Waals surface area contributed by atoms with E-state index in [1.165, 1.54) is 0 Å². The predicted molar refractivity (Wildman–Crippen MR) is 48.2 cm³/mol. The molecule has 0 aromatic carbocycles. The fraction of sp³-hybridized carbons (Fsp3) is 0.875. The fourth-order valence-corrected chi connectivity index (χ4v) is 0.707. The van der Waals surface area contributed by atoms with Crippen molar-refractivity contribution < 1.29 is 9.84 Å². The molecule has 0 bridgehead atoms. The number of aliphatic hydroxyl groups is 1. The van der Waals surface area contributed by atoms with Crippen LogP contribution in [0.15, 0.2) is 0 Å². The summed E-state index contributed by atoms with van der Waals surface area (Å²) in [6, 6.07) is 0. The summed E-state index contributed by atoms with van der Waals surface area (Å²) in [7, 11) is 7.09. The van der Waals surface area contributed by atoms with Crippen LogP contribution in [0.1, 0.15) is 26.7 Å². The third-order valence-corrected chi connectivity index (χ3v) is 1.88. The Bertz CT molecular complexity index is 130. The summed E-state index contributed by atoms with van der Waals surface area (Å²) in [5, 5.41) is 8.92. The molecule has 0 heterocycles. The molecule has 0 aliphatic rings. The molecule has 0 aromatic heterocycles. The van der Waals surface area contributed by atoms with Crippen LogP contribution in [0.4, 0.5) is 0 Å². The molecule has 0 fully saturated rings. The van der Waals surface area contributed by atoms with Crippen LogP contribution >= 0.6 is 0 Å². The first-order chi connectivity index (χ1) is 5.04. The first-order valence-electron chi connectivity index (χ1n) is 3.78. The standard InChI is InChI=1S/C8H16BO2/c1-7(9)4-5-8(2,6-10)11-3/h10H,4-6H2,1-3H3/t8-/m0/s1. The molecule has 0 amide bonds. The predicted octanol–water partition coefficient (Wildman–Crippen LogP) is 0.525. The van der Waals surface area contributed by atoms with Crippen LogP contribution < -0.4 is 0 Å². The Hall–Kier alpha value is -0.145. The Balaban J connectivity index is 3.78. The van der Waals surface area contributed by atoms with Gasteiger partial charge in [-0.2, -0.15) is 0 Å². The first-order valence-corrected chi connectivity index (χ1v) is 3.78. The molecule has 11 heavy (non-hydrogen) atoms. The van der Waals surface area contributed by atoms with E-state index in [4.69, 9.17) is 17.3 Å². The van der Waals surface area contributed by atoms with Gasteiger partial charge in [0.1, 0.15) is 0 Å². The van der Waals surface area contributed by atoms with E-state index in [0.29, 0.717) is 0 Å². The number of methoxy groups -OCH3 is 1. The van der Waals surface area contributed by atoms with Crippen LogP contribution in [0.25, 0.3) is 0 Å². The van der Waals surface area contributed by atoms with Crippen molar-refractivity contribution in [3.63, 3.8) is 0 Å². The van der Waals surface area contributed by atoms with E-state index in [2.05, 4.69) is 0 Å². The van der Waals surface area contributed by atoms with Crippen LogP contribution in [0.2, 0.25) is 0 Å². The van der Waals surface area contributed by atoms with Crippen molar-refractivity contribution in [2.75, 3.05) is 13.7 Å². The molecule has 0 aromatic rings. The summed E-state index contributed by atoms with van der Waals surface area (Å²) >= 11 is 0. The summed E-state index contributed by atoms with van der Waals surface area (Å²) in [5.74, 6) is 0. The molecule has 1 radical (unpaired) electrons. The summed E-state index contributed by atoms with van der Waals surface area (Å²) in [5.41, 5.74) is 0.447. The molecule has 3 heteroatoms.